The summed E-state index contributed by atoms with van der Waals surface area (Å²) in [5, 5.41) is 21.7. The standard InChI is InChI=1S/C58H86O8/c1-37(2)41-15-23-49-43(31-41)17-25-51-55(49,5)27-9-29-57(51,7)53(61)65-35-45(59)33-63-47-19-11-39(12-20-47)40-13-21-48(22-14-40)64-34-46(60)36-66-54(62)58(8)30-10-28-56(6)50-24-16-42(38(3)4)32-44(50)18-26-52(56)58/h11-14,19-22,37-38,41-46,49-52,59-60H,9-10,15-18,23-36H2,1-8H3. The van der Waals surface area contributed by atoms with Crippen molar-refractivity contribution in [2.45, 2.75) is 170 Å². The zero-order chi connectivity index (χ0) is 47.0. The Morgan fingerprint density at radius 2 is 0.909 bits per heavy atom. The molecule has 2 N–H and O–H groups in total. The average Bonchev–Trinajstić information content (AvgIpc) is 3.30. The molecule has 0 saturated heterocycles. The van der Waals surface area contributed by atoms with E-state index in [-0.39, 0.29) is 49.2 Å². The first-order valence-electron chi connectivity index (χ1n) is 26.6. The van der Waals surface area contributed by atoms with Gasteiger partial charge in [-0.25, -0.2) is 0 Å². The van der Waals surface area contributed by atoms with Crippen molar-refractivity contribution in [2.24, 2.45) is 80.8 Å². The maximum Gasteiger partial charge on any atom is 0.312 e. The van der Waals surface area contributed by atoms with Crippen LogP contribution >= 0.6 is 0 Å². The Hall–Kier alpha value is -3.10. The van der Waals surface area contributed by atoms with E-state index in [2.05, 4.69) is 55.4 Å². The van der Waals surface area contributed by atoms with Crippen LogP contribution in [0, 0.1) is 80.8 Å². The SMILES string of the molecule is CC(C)C1CCC2C(CCC3C(C)(C(=O)OCC(O)COc4ccc(-c5ccc(OCC(O)COC(=O)C6(C)CCCC7(C)C8CCC(C(C)C)CC8CCC67)cc5)cc4)CCCC23C)C1. The minimum Gasteiger partial charge on any atom is -0.491 e. The van der Waals surface area contributed by atoms with E-state index in [1.165, 1.54) is 64.2 Å². The first-order valence-corrected chi connectivity index (χ1v) is 26.6. The second-order valence-electron chi connectivity index (χ2n) is 24.4. The Morgan fingerprint density at radius 3 is 1.27 bits per heavy atom. The monoisotopic (exact) mass is 911 g/mol. The molecule has 6 aliphatic carbocycles. The predicted octanol–water partition coefficient (Wildman–Crippen LogP) is 12.5. The second-order valence-corrected chi connectivity index (χ2v) is 24.4. The molecule has 0 amide bonds. The van der Waals surface area contributed by atoms with Crippen LogP contribution in [0.2, 0.25) is 0 Å². The summed E-state index contributed by atoms with van der Waals surface area (Å²) in [6, 6.07) is 15.4. The highest BCUT2D eigenvalue weighted by Crippen LogP contribution is 2.66. The van der Waals surface area contributed by atoms with Crippen LogP contribution in [-0.4, -0.2) is 60.8 Å². The molecule has 6 saturated carbocycles. The van der Waals surface area contributed by atoms with Crippen LogP contribution in [0.3, 0.4) is 0 Å². The summed E-state index contributed by atoms with van der Waals surface area (Å²) in [4.78, 5) is 27.7. The van der Waals surface area contributed by atoms with Crippen molar-refractivity contribution in [3.63, 3.8) is 0 Å². The van der Waals surface area contributed by atoms with Crippen LogP contribution < -0.4 is 9.47 Å². The minimum absolute atomic E-state index is 0.0292. The second kappa shape index (κ2) is 20.1. The number of hydrogen-bond acceptors (Lipinski definition) is 8. The summed E-state index contributed by atoms with van der Waals surface area (Å²) in [7, 11) is 0. The molecule has 14 atom stereocenters. The Kier molecular flexibility index (Phi) is 15.0. The fourth-order valence-corrected chi connectivity index (χ4v) is 16.1. The van der Waals surface area contributed by atoms with Gasteiger partial charge in [-0.1, -0.05) is 78.6 Å². The Labute approximate surface area is 398 Å². The van der Waals surface area contributed by atoms with Gasteiger partial charge in [0, 0.05) is 0 Å². The minimum atomic E-state index is -0.928. The lowest BCUT2D eigenvalue weighted by Gasteiger charge is -2.61. The van der Waals surface area contributed by atoms with Gasteiger partial charge in [0.2, 0.25) is 0 Å². The molecule has 0 heterocycles. The third-order valence-corrected chi connectivity index (χ3v) is 19.9. The molecule has 0 spiro atoms. The topological polar surface area (TPSA) is 112 Å². The summed E-state index contributed by atoms with van der Waals surface area (Å²) >= 11 is 0. The van der Waals surface area contributed by atoms with Crippen molar-refractivity contribution in [1.29, 1.82) is 0 Å². The molecule has 2 aromatic carbocycles. The molecule has 366 valence electrons. The van der Waals surface area contributed by atoms with E-state index in [9.17, 15) is 19.8 Å². The fourth-order valence-electron chi connectivity index (χ4n) is 16.1. The molecule has 8 rings (SSSR count). The smallest absolute Gasteiger partial charge is 0.312 e. The number of benzene rings is 2. The van der Waals surface area contributed by atoms with Gasteiger partial charge in [-0.05, 0) is 209 Å². The van der Waals surface area contributed by atoms with Gasteiger partial charge in [0.25, 0.3) is 0 Å². The lowest BCUT2D eigenvalue weighted by Crippen LogP contribution is -2.56. The molecule has 2 aromatic rings. The maximum atomic E-state index is 13.8. The van der Waals surface area contributed by atoms with E-state index in [1.807, 2.05) is 48.5 Å². The number of aliphatic hydroxyl groups excluding tert-OH is 2. The van der Waals surface area contributed by atoms with Gasteiger partial charge in [-0.2, -0.15) is 0 Å². The van der Waals surface area contributed by atoms with Gasteiger partial charge in [-0.15, -0.1) is 0 Å². The van der Waals surface area contributed by atoms with Gasteiger partial charge >= 0.3 is 11.9 Å². The molecule has 8 heteroatoms. The molecule has 0 aromatic heterocycles. The molecule has 0 bridgehead atoms. The zero-order valence-electron chi connectivity index (χ0n) is 42.0. The van der Waals surface area contributed by atoms with Crippen LogP contribution in [0.25, 0.3) is 11.1 Å². The number of fused-ring (bicyclic) bond motifs is 6. The van der Waals surface area contributed by atoms with Crippen molar-refractivity contribution in [3.05, 3.63) is 48.5 Å². The van der Waals surface area contributed by atoms with E-state index in [4.69, 9.17) is 18.9 Å². The van der Waals surface area contributed by atoms with Crippen molar-refractivity contribution in [2.75, 3.05) is 26.4 Å². The normalized spacial score (nSPS) is 37.3. The molecule has 66 heavy (non-hydrogen) atoms. The van der Waals surface area contributed by atoms with E-state index in [0.29, 0.717) is 35.2 Å². The van der Waals surface area contributed by atoms with Gasteiger partial charge in [0.1, 0.15) is 50.1 Å². The summed E-state index contributed by atoms with van der Waals surface area (Å²) in [5.41, 5.74) is 1.29. The number of esters is 2. The van der Waals surface area contributed by atoms with Crippen molar-refractivity contribution in [1.82, 2.24) is 0 Å². The number of hydrogen-bond donors (Lipinski definition) is 2. The molecule has 0 aliphatic heterocycles. The molecule has 8 nitrogen and oxygen atoms in total. The third kappa shape index (κ3) is 9.86. The zero-order valence-corrected chi connectivity index (χ0v) is 42.0. The maximum absolute atomic E-state index is 13.8. The van der Waals surface area contributed by atoms with Crippen LogP contribution in [0.5, 0.6) is 11.5 Å². The largest absolute Gasteiger partial charge is 0.491 e. The molecule has 0 radical (unpaired) electrons. The van der Waals surface area contributed by atoms with Crippen LogP contribution in [-0.2, 0) is 19.1 Å². The van der Waals surface area contributed by atoms with Gasteiger partial charge in [0.05, 0.1) is 10.8 Å². The number of aliphatic hydroxyl groups is 2. The highest BCUT2D eigenvalue weighted by atomic mass is 16.6. The van der Waals surface area contributed by atoms with E-state index in [1.54, 1.807) is 0 Å². The molecule has 6 aliphatic rings. The quantitative estimate of drug-likeness (QED) is 0.170. The highest BCUT2D eigenvalue weighted by molar-refractivity contribution is 5.78. The predicted molar refractivity (Wildman–Crippen MR) is 261 cm³/mol. The van der Waals surface area contributed by atoms with Crippen molar-refractivity contribution in [3.8, 4) is 22.6 Å². The van der Waals surface area contributed by atoms with Crippen molar-refractivity contribution < 1.29 is 38.7 Å². The Morgan fingerprint density at radius 1 is 0.530 bits per heavy atom. The summed E-state index contributed by atoms with van der Waals surface area (Å²) in [6.45, 7) is 18.7. The number of carbonyl (C=O) groups excluding carboxylic acids is 2. The number of rotatable bonds is 15. The van der Waals surface area contributed by atoms with E-state index >= 15 is 0 Å². The molecule has 6 fully saturated rings. The summed E-state index contributed by atoms with van der Waals surface area (Å²) < 4.78 is 23.7. The van der Waals surface area contributed by atoms with Gasteiger partial charge < -0.3 is 29.2 Å². The van der Waals surface area contributed by atoms with Gasteiger partial charge in [-0.3, -0.25) is 9.59 Å². The lowest BCUT2D eigenvalue weighted by molar-refractivity contribution is -0.182. The van der Waals surface area contributed by atoms with Gasteiger partial charge in [0.15, 0.2) is 0 Å². The third-order valence-electron chi connectivity index (χ3n) is 19.9. The first kappa shape index (κ1) is 49.3. The fraction of sp³-hybridized carbons (Fsp3) is 0.759. The highest BCUT2D eigenvalue weighted by Gasteiger charge is 2.61. The average molecular weight is 911 g/mol. The van der Waals surface area contributed by atoms with Crippen LogP contribution in [0.15, 0.2) is 48.5 Å². The summed E-state index contributed by atoms with van der Waals surface area (Å²) in [6.07, 6.45) is 16.9. The molecular weight excluding hydrogens is 825 g/mol. The van der Waals surface area contributed by atoms with Crippen LogP contribution in [0.4, 0.5) is 0 Å². The van der Waals surface area contributed by atoms with Crippen LogP contribution in [0.1, 0.15) is 158 Å². The molecular formula is C58H86O8. The summed E-state index contributed by atoms with van der Waals surface area (Å²) in [5.74, 6) is 7.69. The first-order chi connectivity index (χ1) is 31.4. The Balaban J connectivity index is 0.754. The lowest BCUT2D eigenvalue weighted by atomic mass is 9.43. The number of ether oxygens (including phenoxy) is 4. The van der Waals surface area contributed by atoms with Crippen molar-refractivity contribution >= 4 is 11.9 Å². The van der Waals surface area contributed by atoms with E-state index < -0.39 is 23.0 Å². The Bertz CT molecular complexity index is 1800. The van der Waals surface area contributed by atoms with E-state index in [0.717, 1.165) is 85.2 Å². The number of carbonyl (C=O) groups is 2. The molecule has 14 unspecified atom stereocenters.